The second kappa shape index (κ2) is 5.85. The molecule has 0 aromatic heterocycles. The number of unbranched alkanes of at least 4 members (excludes halogenated alkanes) is 1. The van der Waals surface area contributed by atoms with Gasteiger partial charge in [-0.25, -0.2) is 0 Å². The van der Waals surface area contributed by atoms with E-state index in [4.69, 9.17) is 0 Å². The van der Waals surface area contributed by atoms with E-state index in [0.29, 0.717) is 18.9 Å². The molecule has 1 aliphatic rings. The molecular weight excluding hydrogens is 226 g/mol. The van der Waals surface area contributed by atoms with Gasteiger partial charge < -0.3 is 0 Å². The molecule has 1 rings (SSSR count). The van der Waals surface area contributed by atoms with Gasteiger partial charge in [-0.3, -0.25) is 14.5 Å². The van der Waals surface area contributed by atoms with Crippen molar-refractivity contribution < 1.29 is 9.59 Å². The van der Waals surface area contributed by atoms with Gasteiger partial charge in [0.15, 0.2) is 0 Å². The van der Waals surface area contributed by atoms with Gasteiger partial charge in [-0.15, -0.1) is 0 Å². The lowest BCUT2D eigenvalue weighted by molar-refractivity contribution is -0.140. The van der Waals surface area contributed by atoms with Gasteiger partial charge in [-0.05, 0) is 17.8 Å². The van der Waals surface area contributed by atoms with Crippen LogP contribution < -0.4 is 0 Å². The molecule has 3 nitrogen and oxygen atoms in total. The predicted molar refractivity (Wildman–Crippen MR) is 73.0 cm³/mol. The Balaban J connectivity index is 2.47. The molecule has 2 amide bonds. The Labute approximate surface area is 111 Å². The van der Waals surface area contributed by atoms with Gasteiger partial charge in [0, 0.05) is 13.0 Å². The number of hydrogen-bond acceptors (Lipinski definition) is 2. The minimum Gasteiger partial charge on any atom is -0.282 e. The SMILES string of the molecule is CC(C)CCCCN1C(=O)CC(C(C)(C)C)C1=O. The van der Waals surface area contributed by atoms with Crippen LogP contribution in [0.2, 0.25) is 0 Å². The fourth-order valence-electron chi connectivity index (χ4n) is 2.42. The lowest BCUT2D eigenvalue weighted by atomic mass is 9.80. The van der Waals surface area contributed by atoms with Crippen molar-refractivity contribution >= 4 is 11.8 Å². The summed E-state index contributed by atoms with van der Waals surface area (Å²) in [5, 5.41) is 0. The van der Waals surface area contributed by atoms with Crippen molar-refractivity contribution in [2.24, 2.45) is 17.3 Å². The van der Waals surface area contributed by atoms with Crippen LogP contribution in [0, 0.1) is 17.3 Å². The molecule has 104 valence electrons. The van der Waals surface area contributed by atoms with E-state index in [2.05, 4.69) is 13.8 Å². The van der Waals surface area contributed by atoms with E-state index in [0.717, 1.165) is 12.8 Å². The van der Waals surface area contributed by atoms with Gasteiger partial charge in [-0.1, -0.05) is 47.5 Å². The van der Waals surface area contributed by atoms with Crippen molar-refractivity contribution in [1.29, 1.82) is 0 Å². The van der Waals surface area contributed by atoms with E-state index in [1.807, 2.05) is 20.8 Å². The first-order valence-electron chi connectivity index (χ1n) is 7.07. The molecule has 0 saturated carbocycles. The van der Waals surface area contributed by atoms with Gasteiger partial charge in [0.2, 0.25) is 11.8 Å². The number of nitrogens with zero attached hydrogens (tertiary/aromatic N) is 1. The van der Waals surface area contributed by atoms with Gasteiger partial charge in [0.1, 0.15) is 0 Å². The Morgan fingerprint density at radius 1 is 1.22 bits per heavy atom. The van der Waals surface area contributed by atoms with Gasteiger partial charge in [-0.2, -0.15) is 0 Å². The highest BCUT2D eigenvalue weighted by molar-refractivity contribution is 6.03. The van der Waals surface area contributed by atoms with E-state index >= 15 is 0 Å². The molecule has 0 N–H and O–H groups in total. The van der Waals surface area contributed by atoms with Crippen LogP contribution >= 0.6 is 0 Å². The number of carbonyl (C=O) groups is 2. The number of rotatable bonds is 5. The zero-order chi connectivity index (χ0) is 13.9. The smallest absolute Gasteiger partial charge is 0.233 e. The lowest BCUT2D eigenvalue weighted by Crippen LogP contribution is -2.34. The average Bonchev–Trinajstić information content (AvgIpc) is 2.50. The van der Waals surface area contributed by atoms with Crippen LogP contribution in [0.1, 0.15) is 60.3 Å². The summed E-state index contributed by atoms with van der Waals surface area (Å²) in [6.07, 6.45) is 3.59. The van der Waals surface area contributed by atoms with Crippen LogP contribution in [0.3, 0.4) is 0 Å². The van der Waals surface area contributed by atoms with E-state index in [1.165, 1.54) is 11.3 Å². The molecule has 0 bridgehead atoms. The zero-order valence-electron chi connectivity index (χ0n) is 12.5. The van der Waals surface area contributed by atoms with Crippen molar-refractivity contribution in [2.45, 2.75) is 60.3 Å². The maximum absolute atomic E-state index is 12.2. The maximum Gasteiger partial charge on any atom is 0.233 e. The van der Waals surface area contributed by atoms with E-state index in [1.54, 1.807) is 0 Å². The quantitative estimate of drug-likeness (QED) is 0.557. The van der Waals surface area contributed by atoms with Crippen LogP contribution in [0.15, 0.2) is 0 Å². The molecule has 0 aliphatic carbocycles. The molecule has 1 saturated heterocycles. The minimum atomic E-state index is -0.130. The molecule has 1 atom stereocenters. The zero-order valence-corrected chi connectivity index (χ0v) is 12.5. The second-order valence-corrected chi connectivity index (χ2v) is 6.90. The first kappa shape index (κ1) is 15.2. The first-order chi connectivity index (χ1) is 8.23. The first-order valence-corrected chi connectivity index (χ1v) is 7.07. The molecule has 3 heteroatoms. The van der Waals surface area contributed by atoms with E-state index < -0.39 is 0 Å². The second-order valence-electron chi connectivity index (χ2n) is 6.90. The Hall–Kier alpha value is -0.860. The van der Waals surface area contributed by atoms with Crippen molar-refractivity contribution in [3.05, 3.63) is 0 Å². The summed E-state index contributed by atoms with van der Waals surface area (Å²) in [5.74, 6) is 0.619. The number of imide groups is 1. The Morgan fingerprint density at radius 3 is 2.28 bits per heavy atom. The number of amides is 2. The van der Waals surface area contributed by atoms with Crippen molar-refractivity contribution in [3.8, 4) is 0 Å². The summed E-state index contributed by atoms with van der Waals surface area (Å²) in [4.78, 5) is 25.6. The highest BCUT2D eigenvalue weighted by Gasteiger charge is 2.44. The molecule has 18 heavy (non-hydrogen) atoms. The summed E-state index contributed by atoms with van der Waals surface area (Å²) in [6.45, 7) is 11.1. The van der Waals surface area contributed by atoms with Crippen LogP contribution in [0.25, 0.3) is 0 Å². The summed E-state index contributed by atoms with van der Waals surface area (Å²) >= 11 is 0. The van der Waals surface area contributed by atoms with Crippen LogP contribution in [-0.2, 0) is 9.59 Å². The summed E-state index contributed by atoms with van der Waals surface area (Å²) < 4.78 is 0. The monoisotopic (exact) mass is 253 g/mol. The largest absolute Gasteiger partial charge is 0.282 e. The molecule has 0 spiro atoms. The normalized spacial score (nSPS) is 21.2. The van der Waals surface area contributed by atoms with Crippen molar-refractivity contribution in [2.75, 3.05) is 6.54 Å². The molecule has 1 unspecified atom stereocenters. The molecule has 0 aromatic rings. The highest BCUT2D eigenvalue weighted by Crippen LogP contribution is 2.35. The third-order valence-corrected chi connectivity index (χ3v) is 3.70. The average molecular weight is 253 g/mol. The minimum absolute atomic E-state index is 0.0180. The summed E-state index contributed by atoms with van der Waals surface area (Å²) in [6, 6.07) is 0. The summed E-state index contributed by atoms with van der Waals surface area (Å²) in [5.41, 5.74) is -0.112. The molecule has 0 radical (unpaired) electrons. The van der Waals surface area contributed by atoms with Gasteiger partial charge in [0.05, 0.1) is 5.92 Å². The summed E-state index contributed by atoms with van der Waals surface area (Å²) in [7, 11) is 0. The highest BCUT2D eigenvalue weighted by atomic mass is 16.2. The van der Waals surface area contributed by atoms with Gasteiger partial charge >= 0.3 is 0 Å². The van der Waals surface area contributed by atoms with Crippen molar-refractivity contribution in [3.63, 3.8) is 0 Å². The van der Waals surface area contributed by atoms with Gasteiger partial charge in [0.25, 0.3) is 0 Å². The number of hydrogen-bond donors (Lipinski definition) is 0. The number of carbonyl (C=O) groups excluding carboxylic acids is 2. The Bertz CT molecular complexity index is 315. The third kappa shape index (κ3) is 3.82. The molecule has 1 fully saturated rings. The lowest BCUT2D eigenvalue weighted by Gasteiger charge is -2.24. The third-order valence-electron chi connectivity index (χ3n) is 3.70. The van der Waals surface area contributed by atoms with Crippen LogP contribution in [0.4, 0.5) is 0 Å². The predicted octanol–water partition coefficient (Wildman–Crippen LogP) is 3.23. The molecule has 1 heterocycles. The molecule has 0 aromatic carbocycles. The fraction of sp³-hybridized carbons (Fsp3) is 0.867. The standard InChI is InChI=1S/C15H27NO2/c1-11(2)8-6-7-9-16-13(17)10-12(14(16)18)15(3,4)5/h11-12H,6-10H2,1-5H3. The Morgan fingerprint density at radius 2 is 1.83 bits per heavy atom. The van der Waals surface area contributed by atoms with Crippen LogP contribution in [-0.4, -0.2) is 23.3 Å². The molecular formula is C15H27NO2. The van der Waals surface area contributed by atoms with Crippen molar-refractivity contribution in [1.82, 2.24) is 4.90 Å². The maximum atomic E-state index is 12.2. The molecule has 1 aliphatic heterocycles. The van der Waals surface area contributed by atoms with E-state index in [9.17, 15) is 9.59 Å². The fourth-order valence-corrected chi connectivity index (χ4v) is 2.42. The topological polar surface area (TPSA) is 37.4 Å². The number of likely N-dealkylation sites (tertiary alicyclic amines) is 1. The Kier molecular flexibility index (Phi) is 4.94. The van der Waals surface area contributed by atoms with Crippen LogP contribution in [0.5, 0.6) is 0 Å². The van der Waals surface area contributed by atoms with E-state index in [-0.39, 0.29) is 23.1 Å².